The number of aliphatic hydroxyl groups is 1. The molecule has 1 aromatic heterocycles. The lowest BCUT2D eigenvalue weighted by Gasteiger charge is -2.20. The number of nitrogens with one attached hydrogen (secondary N) is 1. The average Bonchev–Trinajstić information content (AvgIpc) is 2.83. The van der Waals surface area contributed by atoms with E-state index in [1.165, 1.54) is 0 Å². The van der Waals surface area contributed by atoms with E-state index in [2.05, 4.69) is 10.3 Å². The first-order valence-electron chi connectivity index (χ1n) is 5.83. The summed E-state index contributed by atoms with van der Waals surface area (Å²) in [6.45, 7) is 0.597. The summed E-state index contributed by atoms with van der Waals surface area (Å²) in [7, 11) is 0. The van der Waals surface area contributed by atoms with Gasteiger partial charge in [-0.3, -0.25) is 10.1 Å². The van der Waals surface area contributed by atoms with Gasteiger partial charge in [0, 0.05) is 31.8 Å². The highest BCUT2D eigenvalue weighted by molar-refractivity contribution is 5.88. The summed E-state index contributed by atoms with van der Waals surface area (Å²) in [6, 6.07) is 0.923. The van der Waals surface area contributed by atoms with Gasteiger partial charge in [0.25, 0.3) is 0 Å². The van der Waals surface area contributed by atoms with E-state index in [4.69, 9.17) is 9.84 Å². The predicted octanol–water partition coefficient (Wildman–Crippen LogP) is 0.251. The van der Waals surface area contributed by atoms with Gasteiger partial charge in [-0.25, -0.2) is 9.78 Å². The molecular formula is C11H13N3O6. The molecule has 0 aromatic carbocycles. The minimum Gasteiger partial charge on any atom is -0.478 e. The molecule has 0 bridgehead atoms. The van der Waals surface area contributed by atoms with E-state index in [-0.39, 0.29) is 24.5 Å². The molecule has 9 nitrogen and oxygen atoms in total. The number of hydrogen-bond donors (Lipinski definition) is 3. The molecule has 9 heteroatoms. The molecule has 0 saturated carbocycles. The molecule has 3 N–H and O–H groups in total. The minimum atomic E-state index is -1.30. The Balaban J connectivity index is 2.18. The lowest BCUT2D eigenvalue weighted by molar-refractivity contribution is -0.384. The highest BCUT2D eigenvalue weighted by Crippen LogP contribution is 2.25. The van der Waals surface area contributed by atoms with E-state index in [0.29, 0.717) is 13.0 Å². The maximum Gasteiger partial charge on any atom is 0.337 e. The summed E-state index contributed by atoms with van der Waals surface area (Å²) < 4.78 is 5.05. The first-order chi connectivity index (χ1) is 9.41. The summed E-state index contributed by atoms with van der Waals surface area (Å²) in [5.41, 5.74) is -1.82. The van der Waals surface area contributed by atoms with Gasteiger partial charge in [0.1, 0.15) is 5.60 Å². The second-order valence-corrected chi connectivity index (χ2v) is 4.53. The number of nitrogens with zero attached hydrogens (tertiary/aromatic N) is 2. The van der Waals surface area contributed by atoms with Crippen LogP contribution < -0.4 is 5.32 Å². The number of aromatic carboxylic acids is 1. The second kappa shape index (κ2) is 5.39. The largest absolute Gasteiger partial charge is 0.478 e. The van der Waals surface area contributed by atoms with Gasteiger partial charge in [-0.2, -0.15) is 0 Å². The molecule has 1 aliphatic rings. The zero-order valence-electron chi connectivity index (χ0n) is 10.4. The van der Waals surface area contributed by atoms with Crippen molar-refractivity contribution >= 4 is 17.5 Å². The van der Waals surface area contributed by atoms with Crippen molar-refractivity contribution in [2.75, 3.05) is 25.1 Å². The number of carboxylic acids is 1. The Morgan fingerprint density at radius 3 is 2.95 bits per heavy atom. The fourth-order valence-electron chi connectivity index (χ4n) is 1.83. The topological polar surface area (TPSA) is 135 Å². The smallest absolute Gasteiger partial charge is 0.337 e. The normalized spacial score (nSPS) is 21.6. The number of ether oxygens (including phenoxy) is 1. The van der Waals surface area contributed by atoms with Crippen molar-refractivity contribution in [1.82, 2.24) is 4.98 Å². The first-order valence-corrected chi connectivity index (χ1v) is 5.83. The molecule has 108 valence electrons. The van der Waals surface area contributed by atoms with Crippen LogP contribution >= 0.6 is 0 Å². The Kier molecular flexibility index (Phi) is 3.81. The predicted molar refractivity (Wildman–Crippen MR) is 66.7 cm³/mol. The van der Waals surface area contributed by atoms with E-state index < -0.39 is 22.2 Å². The Bertz CT molecular complexity index is 541. The first kappa shape index (κ1) is 14.2. The molecule has 1 atom stereocenters. The van der Waals surface area contributed by atoms with Crippen molar-refractivity contribution in [1.29, 1.82) is 0 Å². The molecular weight excluding hydrogens is 270 g/mol. The lowest BCUT2D eigenvalue weighted by atomic mass is 10.0. The van der Waals surface area contributed by atoms with Gasteiger partial charge in [0.05, 0.1) is 17.1 Å². The van der Waals surface area contributed by atoms with Gasteiger partial charge < -0.3 is 20.3 Å². The van der Waals surface area contributed by atoms with Crippen LogP contribution in [-0.2, 0) is 4.74 Å². The maximum absolute atomic E-state index is 10.9. The van der Waals surface area contributed by atoms with E-state index in [9.17, 15) is 20.0 Å². The van der Waals surface area contributed by atoms with Crippen LogP contribution in [0.15, 0.2) is 12.3 Å². The maximum atomic E-state index is 10.9. The third kappa shape index (κ3) is 3.00. The number of aromatic nitrogens is 1. The van der Waals surface area contributed by atoms with Crippen molar-refractivity contribution in [3.05, 3.63) is 27.9 Å². The Labute approximate surface area is 113 Å². The average molecular weight is 283 g/mol. The number of pyridine rings is 1. The molecule has 1 fully saturated rings. The number of carboxylic acid groups (broad SMARTS) is 1. The standard InChI is InChI=1S/C11H13N3O6/c15-10(16)7-3-8(14(18)19)9(12-4-7)13-5-11(17)1-2-20-6-11/h3-4,17H,1-2,5-6H2,(H,12,13)(H,15,16). The summed E-state index contributed by atoms with van der Waals surface area (Å²) in [4.78, 5) is 24.7. The third-order valence-corrected chi connectivity index (χ3v) is 2.98. The van der Waals surface area contributed by atoms with E-state index in [1.54, 1.807) is 0 Å². The molecule has 1 unspecified atom stereocenters. The molecule has 0 radical (unpaired) electrons. The van der Waals surface area contributed by atoms with Crippen LogP contribution in [0.4, 0.5) is 11.5 Å². The van der Waals surface area contributed by atoms with E-state index in [1.807, 2.05) is 0 Å². The monoisotopic (exact) mass is 283 g/mol. The van der Waals surface area contributed by atoms with Crippen LogP contribution in [-0.4, -0.2) is 51.4 Å². The summed E-state index contributed by atoms with van der Waals surface area (Å²) >= 11 is 0. The van der Waals surface area contributed by atoms with Crippen molar-refractivity contribution in [3.8, 4) is 0 Å². The minimum absolute atomic E-state index is 0.0350. The van der Waals surface area contributed by atoms with Gasteiger partial charge in [0.2, 0.25) is 5.82 Å². The fourth-order valence-corrected chi connectivity index (χ4v) is 1.83. The second-order valence-electron chi connectivity index (χ2n) is 4.53. The van der Waals surface area contributed by atoms with Gasteiger partial charge in [-0.05, 0) is 0 Å². The van der Waals surface area contributed by atoms with Crippen LogP contribution in [0.3, 0.4) is 0 Å². The summed E-state index contributed by atoms with van der Waals surface area (Å²) in [5.74, 6) is -1.38. The van der Waals surface area contributed by atoms with Crippen LogP contribution in [0.5, 0.6) is 0 Å². The Hall–Kier alpha value is -2.26. The van der Waals surface area contributed by atoms with Gasteiger partial charge >= 0.3 is 11.7 Å². The molecule has 2 heterocycles. The molecule has 20 heavy (non-hydrogen) atoms. The van der Waals surface area contributed by atoms with Crippen molar-refractivity contribution < 1.29 is 24.7 Å². The number of rotatable bonds is 5. The summed E-state index contributed by atoms with van der Waals surface area (Å²) in [6.07, 6.45) is 1.44. The molecule has 0 aliphatic carbocycles. The Morgan fingerprint density at radius 2 is 2.40 bits per heavy atom. The van der Waals surface area contributed by atoms with Crippen LogP contribution in [0.2, 0.25) is 0 Å². The quantitative estimate of drug-likeness (QED) is 0.517. The number of anilines is 1. The Morgan fingerprint density at radius 1 is 1.65 bits per heavy atom. The highest BCUT2D eigenvalue weighted by Gasteiger charge is 2.33. The molecule has 1 aromatic rings. The van der Waals surface area contributed by atoms with Crippen molar-refractivity contribution in [3.63, 3.8) is 0 Å². The van der Waals surface area contributed by atoms with Crippen molar-refractivity contribution in [2.45, 2.75) is 12.0 Å². The lowest BCUT2D eigenvalue weighted by Crippen LogP contribution is -2.37. The van der Waals surface area contributed by atoms with Crippen molar-refractivity contribution in [2.24, 2.45) is 0 Å². The van der Waals surface area contributed by atoms with Gasteiger partial charge in [0.15, 0.2) is 0 Å². The highest BCUT2D eigenvalue weighted by atomic mass is 16.6. The molecule has 2 rings (SSSR count). The number of carbonyl (C=O) groups is 1. The molecule has 1 saturated heterocycles. The molecule has 0 spiro atoms. The SMILES string of the molecule is O=C(O)c1cnc(NCC2(O)CCOC2)c([N+](=O)[O-])c1. The van der Waals surface area contributed by atoms with Crippen LogP contribution in [0.25, 0.3) is 0 Å². The zero-order valence-corrected chi connectivity index (χ0v) is 10.4. The van der Waals surface area contributed by atoms with E-state index >= 15 is 0 Å². The van der Waals surface area contributed by atoms with Gasteiger partial charge in [-0.1, -0.05) is 0 Å². The van der Waals surface area contributed by atoms with E-state index in [0.717, 1.165) is 12.3 Å². The third-order valence-electron chi connectivity index (χ3n) is 2.98. The van der Waals surface area contributed by atoms with Crippen LogP contribution in [0.1, 0.15) is 16.8 Å². The van der Waals surface area contributed by atoms with Gasteiger partial charge in [-0.15, -0.1) is 0 Å². The molecule has 1 aliphatic heterocycles. The fraction of sp³-hybridized carbons (Fsp3) is 0.455. The number of nitro groups is 1. The zero-order chi connectivity index (χ0) is 14.8. The number of hydrogen-bond acceptors (Lipinski definition) is 7. The summed E-state index contributed by atoms with van der Waals surface area (Å²) in [5, 5.41) is 32.4. The molecule has 0 amide bonds. The van der Waals surface area contributed by atoms with Crippen LogP contribution in [0, 0.1) is 10.1 Å².